The standard InChI is InChI=1S/C13H16ClN3O3S/c1-7-9(12(14)16(3)15-7)4-5-11(18)17-8(2)21-6-10(17)13(19)20/h4-5,8,10H,6H2,1-3H3,(H,19,20). The maximum absolute atomic E-state index is 12.3. The van der Waals surface area contributed by atoms with Crippen molar-refractivity contribution in [3.8, 4) is 0 Å². The zero-order valence-electron chi connectivity index (χ0n) is 11.9. The first kappa shape index (κ1) is 15.9. The van der Waals surface area contributed by atoms with Gasteiger partial charge in [0.25, 0.3) is 0 Å². The number of carboxylic acid groups (broad SMARTS) is 1. The third-order valence-electron chi connectivity index (χ3n) is 3.35. The molecule has 0 bridgehead atoms. The molecule has 21 heavy (non-hydrogen) atoms. The minimum absolute atomic E-state index is 0.159. The Morgan fingerprint density at radius 3 is 2.71 bits per heavy atom. The van der Waals surface area contributed by atoms with Crippen molar-refractivity contribution in [2.45, 2.75) is 25.3 Å². The summed E-state index contributed by atoms with van der Waals surface area (Å²) < 4.78 is 1.52. The molecule has 1 N–H and O–H groups in total. The van der Waals surface area contributed by atoms with Gasteiger partial charge in [-0.2, -0.15) is 5.10 Å². The van der Waals surface area contributed by atoms with Crippen LogP contribution in [0.4, 0.5) is 0 Å². The molecule has 1 aromatic rings. The Hall–Kier alpha value is -1.47. The Bertz CT molecular complexity index is 614. The number of hydrogen-bond acceptors (Lipinski definition) is 4. The van der Waals surface area contributed by atoms with Crippen LogP contribution in [-0.4, -0.2) is 48.8 Å². The molecule has 0 aliphatic carbocycles. The van der Waals surface area contributed by atoms with Crippen LogP contribution in [0.2, 0.25) is 5.15 Å². The van der Waals surface area contributed by atoms with Crippen molar-refractivity contribution in [1.29, 1.82) is 0 Å². The number of aromatic nitrogens is 2. The summed E-state index contributed by atoms with van der Waals surface area (Å²) in [5, 5.41) is 13.6. The van der Waals surface area contributed by atoms with Gasteiger partial charge in [0.2, 0.25) is 5.91 Å². The molecule has 0 radical (unpaired) electrons. The lowest BCUT2D eigenvalue weighted by atomic mass is 10.2. The fourth-order valence-electron chi connectivity index (χ4n) is 2.24. The van der Waals surface area contributed by atoms with Crippen molar-refractivity contribution in [2.24, 2.45) is 7.05 Å². The van der Waals surface area contributed by atoms with E-state index < -0.39 is 12.0 Å². The van der Waals surface area contributed by atoms with Gasteiger partial charge in [-0.1, -0.05) is 11.6 Å². The van der Waals surface area contributed by atoms with Crippen molar-refractivity contribution in [1.82, 2.24) is 14.7 Å². The Morgan fingerprint density at radius 2 is 2.19 bits per heavy atom. The number of rotatable bonds is 3. The highest BCUT2D eigenvalue weighted by Gasteiger charge is 2.38. The molecule has 6 nitrogen and oxygen atoms in total. The van der Waals surface area contributed by atoms with Crippen LogP contribution in [0.5, 0.6) is 0 Å². The van der Waals surface area contributed by atoms with Crippen molar-refractivity contribution >= 4 is 41.3 Å². The van der Waals surface area contributed by atoms with Gasteiger partial charge in [-0.05, 0) is 19.9 Å². The van der Waals surface area contributed by atoms with Gasteiger partial charge in [-0.25, -0.2) is 4.79 Å². The first-order valence-corrected chi connectivity index (χ1v) is 7.79. The number of nitrogens with zero attached hydrogens (tertiary/aromatic N) is 3. The summed E-state index contributed by atoms with van der Waals surface area (Å²) in [6.45, 7) is 3.62. The molecule has 1 aliphatic rings. The highest BCUT2D eigenvalue weighted by atomic mass is 35.5. The molecule has 114 valence electrons. The molecule has 2 rings (SSSR count). The fraction of sp³-hybridized carbons (Fsp3) is 0.462. The minimum Gasteiger partial charge on any atom is -0.480 e. The molecule has 2 atom stereocenters. The van der Waals surface area contributed by atoms with E-state index in [1.54, 1.807) is 20.0 Å². The topological polar surface area (TPSA) is 75.4 Å². The molecule has 0 saturated carbocycles. The van der Waals surface area contributed by atoms with Gasteiger partial charge in [0.1, 0.15) is 11.2 Å². The zero-order valence-corrected chi connectivity index (χ0v) is 13.5. The molecule has 1 amide bonds. The van der Waals surface area contributed by atoms with E-state index in [0.29, 0.717) is 22.2 Å². The zero-order chi connectivity index (χ0) is 15.7. The van der Waals surface area contributed by atoms with Crippen LogP contribution in [0.25, 0.3) is 6.08 Å². The van der Waals surface area contributed by atoms with Crippen molar-refractivity contribution in [3.63, 3.8) is 0 Å². The number of hydrogen-bond donors (Lipinski definition) is 1. The molecule has 2 unspecified atom stereocenters. The van der Waals surface area contributed by atoms with Gasteiger partial charge in [-0.3, -0.25) is 9.48 Å². The highest BCUT2D eigenvalue weighted by molar-refractivity contribution is 8.00. The number of amides is 1. The van der Waals surface area contributed by atoms with E-state index in [4.69, 9.17) is 16.7 Å². The van der Waals surface area contributed by atoms with E-state index >= 15 is 0 Å². The van der Waals surface area contributed by atoms with Crippen LogP contribution in [0.15, 0.2) is 6.08 Å². The van der Waals surface area contributed by atoms with Crippen LogP contribution in [0.1, 0.15) is 18.2 Å². The summed E-state index contributed by atoms with van der Waals surface area (Å²) in [5.74, 6) is -0.911. The van der Waals surface area contributed by atoms with Gasteiger partial charge >= 0.3 is 5.97 Å². The highest BCUT2D eigenvalue weighted by Crippen LogP contribution is 2.29. The molecular formula is C13H16ClN3O3S. The summed E-state index contributed by atoms with van der Waals surface area (Å²) in [5.41, 5.74) is 1.38. The van der Waals surface area contributed by atoms with Crippen LogP contribution >= 0.6 is 23.4 Å². The Morgan fingerprint density at radius 1 is 1.52 bits per heavy atom. The van der Waals surface area contributed by atoms with Crippen LogP contribution in [-0.2, 0) is 16.6 Å². The maximum atomic E-state index is 12.3. The lowest BCUT2D eigenvalue weighted by Crippen LogP contribution is -2.43. The summed E-state index contributed by atoms with van der Waals surface area (Å²) in [6.07, 6.45) is 2.94. The number of carboxylic acids is 1. The smallest absolute Gasteiger partial charge is 0.327 e. The second kappa shape index (κ2) is 6.11. The number of aliphatic carboxylic acids is 1. The number of carbonyl (C=O) groups is 2. The first-order valence-electron chi connectivity index (χ1n) is 6.36. The van der Waals surface area contributed by atoms with E-state index in [-0.39, 0.29) is 11.3 Å². The van der Waals surface area contributed by atoms with Crippen LogP contribution < -0.4 is 0 Å². The monoisotopic (exact) mass is 329 g/mol. The number of carbonyl (C=O) groups excluding carboxylic acids is 1. The average molecular weight is 330 g/mol. The van der Waals surface area contributed by atoms with Gasteiger partial charge in [0.05, 0.1) is 11.1 Å². The molecule has 0 spiro atoms. The number of aryl methyl sites for hydroxylation is 2. The summed E-state index contributed by atoms with van der Waals surface area (Å²) in [4.78, 5) is 24.8. The SMILES string of the molecule is Cc1nn(C)c(Cl)c1C=CC(=O)N1C(C)SCC1C(=O)O. The van der Waals surface area contributed by atoms with Gasteiger partial charge in [0.15, 0.2) is 0 Å². The predicted molar refractivity (Wildman–Crippen MR) is 82.2 cm³/mol. The fourth-order valence-corrected chi connectivity index (χ4v) is 3.66. The predicted octanol–water partition coefficient (Wildman–Crippen LogP) is 1.77. The summed E-state index contributed by atoms with van der Waals surface area (Å²) in [7, 11) is 1.72. The molecule has 1 aliphatic heterocycles. The second-order valence-corrected chi connectivity index (χ2v) is 6.49. The summed E-state index contributed by atoms with van der Waals surface area (Å²) in [6, 6.07) is -0.785. The molecule has 1 fully saturated rings. The molecule has 2 heterocycles. The van der Waals surface area contributed by atoms with Crippen molar-refractivity contribution in [3.05, 3.63) is 22.5 Å². The molecule has 0 aromatic carbocycles. The van der Waals surface area contributed by atoms with E-state index in [9.17, 15) is 9.59 Å². The second-order valence-electron chi connectivity index (χ2n) is 4.78. The Labute approximate surface area is 131 Å². The lowest BCUT2D eigenvalue weighted by molar-refractivity contribution is -0.147. The number of thioether (sulfide) groups is 1. The molecule has 1 saturated heterocycles. The average Bonchev–Trinajstić information content (AvgIpc) is 2.90. The quantitative estimate of drug-likeness (QED) is 0.855. The lowest BCUT2D eigenvalue weighted by Gasteiger charge is -2.23. The Balaban J connectivity index is 2.20. The third-order valence-corrected chi connectivity index (χ3v) is 5.02. The molecule has 8 heteroatoms. The van der Waals surface area contributed by atoms with E-state index in [1.165, 1.54) is 27.4 Å². The number of halogens is 1. The van der Waals surface area contributed by atoms with Gasteiger partial charge in [-0.15, -0.1) is 11.8 Å². The van der Waals surface area contributed by atoms with E-state index in [0.717, 1.165) is 0 Å². The van der Waals surface area contributed by atoms with Gasteiger partial charge < -0.3 is 10.0 Å². The van der Waals surface area contributed by atoms with E-state index in [1.807, 2.05) is 6.92 Å². The largest absolute Gasteiger partial charge is 0.480 e. The normalized spacial score (nSPS) is 22.2. The first-order chi connectivity index (χ1) is 9.82. The van der Waals surface area contributed by atoms with Gasteiger partial charge in [0, 0.05) is 24.4 Å². The van der Waals surface area contributed by atoms with Crippen molar-refractivity contribution in [2.75, 3.05) is 5.75 Å². The van der Waals surface area contributed by atoms with E-state index in [2.05, 4.69) is 5.10 Å². The minimum atomic E-state index is -0.982. The Kier molecular flexibility index (Phi) is 4.63. The van der Waals surface area contributed by atoms with Crippen LogP contribution in [0, 0.1) is 6.92 Å². The van der Waals surface area contributed by atoms with Crippen LogP contribution in [0.3, 0.4) is 0 Å². The summed E-state index contributed by atoms with van der Waals surface area (Å²) >= 11 is 7.54. The molecular weight excluding hydrogens is 314 g/mol. The molecule has 1 aromatic heterocycles. The van der Waals surface area contributed by atoms with Crippen molar-refractivity contribution < 1.29 is 14.7 Å². The maximum Gasteiger partial charge on any atom is 0.327 e. The third kappa shape index (κ3) is 3.08.